The molecule has 0 aromatic heterocycles. The number of primary amides is 1. The molecular weight excluding hydrogens is 258 g/mol. The number of amides is 1. The SMILES string of the molecule is CC(C)(CC(N)=O)Nc1ccc([N+](=O)[O-])cc1Cl. The number of hydrogen-bond donors (Lipinski definition) is 2. The number of carbonyl (C=O) groups excluding carboxylic acids is 1. The Labute approximate surface area is 109 Å². The highest BCUT2D eigenvalue weighted by Gasteiger charge is 2.22. The van der Waals surface area contributed by atoms with Gasteiger partial charge in [-0.2, -0.15) is 0 Å². The summed E-state index contributed by atoms with van der Waals surface area (Å²) in [4.78, 5) is 20.9. The molecule has 0 atom stereocenters. The zero-order valence-electron chi connectivity index (χ0n) is 10.1. The number of nitrogens with two attached hydrogens (primary N) is 1. The molecule has 1 aromatic carbocycles. The summed E-state index contributed by atoms with van der Waals surface area (Å²) in [5.41, 5.74) is 4.99. The first-order valence-corrected chi connectivity index (χ1v) is 5.59. The third kappa shape index (κ3) is 3.89. The highest BCUT2D eigenvalue weighted by molar-refractivity contribution is 6.33. The number of halogens is 1. The lowest BCUT2D eigenvalue weighted by Gasteiger charge is -2.26. The van der Waals surface area contributed by atoms with Crippen molar-refractivity contribution >= 4 is 28.9 Å². The van der Waals surface area contributed by atoms with Gasteiger partial charge in [-0.05, 0) is 19.9 Å². The summed E-state index contributed by atoms with van der Waals surface area (Å²) in [5.74, 6) is -0.439. The van der Waals surface area contributed by atoms with Crippen LogP contribution in [0.2, 0.25) is 5.02 Å². The van der Waals surface area contributed by atoms with Gasteiger partial charge in [0.1, 0.15) is 0 Å². The van der Waals surface area contributed by atoms with Crippen LogP contribution >= 0.6 is 11.6 Å². The summed E-state index contributed by atoms with van der Waals surface area (Å²) in [7, 11) is 0. The number of hydrogen-bond acceptors (Lipinski definition) is 4. The van der Waals surface area contributed by atoms with Crippen molar-refractivity contribution in [1.82, 2.24) is 0 Å². The minimum absolute atomic E-state index is 0.0849. The third-order valence-corrected chi connectivity index (χ3v) is 2.57. The first-order valence-electron chi connectivity index (χ1n) is 5.22. The number of nitro groups is 1. The number of benzene rings is 1. The molecule has 7 heteroatoms. The van der Waals surface area contributed by atoms with Crippen molar-refractivity contribution < 1.29 is 9.72 Å². The molecule has 0 unspecified atom stereocenters. The molecule has 0 aliphatic carbocycles. The molecule has 3 N–H and O–H groups in total. The van der Waals surface area contributed by atoms with E-state index < -0.39 is 16.4 Å². The highest BCUT2D eigenvalue weighted by Crippen LogP contribution is 2.29. The minimum atomic E-state index is -0.578. The summed E-state index contributed by atoms with van der Waals surface area (Å²) in [6, 6.07) is 4.10. The van der Waals surface area contributed by atoms with E-state index in [9.17, 15) is 14.9 Å². The largest absolute Gasteiger partial charge is 0.378 e. The van der Waals surface area contributed by atoms with Gasteiger partial charge in [0.25, 0.3) is 5.69 Å². The molecular formula is C11H14ClN3O3. The fourth-order valence-corrected chi connectivity index (χ4v) is 1.79. The molecule has 18 heavy (non-hydrogen) atoms. The van der Waals surface area contributed by atoms with E-state index >= 15 is 0 Å². The van der Waals surface area contributed by atoms with Gasteiger partial charge in [0.05, 0.1) is 15.6 Å². The Morgan fingerprint density at radius 1 is 1.56 bits per heavy atom. The van der Waals surface area contributed by atoms with Crippen LogP contribution in [0.25, 0.3) is 0 Å². The van der Waals surface area contributed by atoms with E-state index in [1.54, 1.807) is 13.8 Å². The fourth-order valence-electron chi connectivity index (χ4n) is 1.56. The number of nitrogens with one attached hydrogen (secondary N) is 1. The quantitative estimate of drug-likeness (QED) is 0.634. The molecule has 0 fully saturated rings. The molecule has 0 bridgehead atoms. The third-order valence-electron chi connectivity index (χ3n) is 2.25. The van der Waals surface area contributed by atoms with Crippen molar-refractivity contribution in [1.29, 1.82) is 0 Å². The van der Waals surface area contributed by atoms with Gasteiger partial charge >= 0.3 is 0 Å². The van der Waals surface area contributed by atoms with E-state index in [0.717, 1.165) is 0 Å². The maximum atomic E-state index is 10.9. The molecule has 1 aromatic rings. The van der Waals surface area contributed by atoms with Gasteiger partial charge in [0.2, 0.25) is 5.91 Å². The Morgan fingerprint density at radius 3 is 2.61 bits per heavy atom. The van der Waals surface area contributed by atoms with Crippen LogP contribution < -0.4 is 11.1 Å². The van der Waals surface area contributed by atoms with Gasteiger partial charge in [-0.15, -0.1) is 0 Å². The highest BCUT2D eigenvalue weighted by atomic mass is 35.5. The van der Waals surface area contributed by atoms with Crippen molar-refractivity contribution in [3.8, 4) is 0 Å². The number of non-ortho nitro benzene ring substituents is 1. The predicted molar refractivity (Wildman–Crippen MR) is 69.6 cm³/mol. The standard InChI is InChI=1S/C11H14ClN3O3/c1-11(2,6-10(13)16)14-9-4-3-7(15(17)18)5-8(9)12/h3-5,14H,6H2,1-2H3,(H2,13,16). The monoisotopic (exact) mass is 271 g/mol. The van der Waals surface area contributed by atoms with E-state index in [1.807, 2.05) is 0 Å². The first kappa shape index (κ1) is 14.2. The van der Waals surface area contributed by atoms with Crippen LogP contribution in [0.4, 0.5) is 11.4 Å². The van der Waals surface area contributed by atoms with Gasteiger partial charge in [0.15, 0.2) is 0 Å². The zero-order valence-corrected chi connectivity index (χ0v) is 10.8. The molecule has 1 amide bonds. The Kier molecular flexibility index (Phi) is 4.13. The van der Waals surface area contributed by atoms with Crippen molar-refractivity contribution in [2.75, 3.05) is 5.32 Å². The van der Waals surface area contributed by atoms with Crippen molar-refractivity contribution in [3.05, 3.63) is 33.3 Å². The summed E-state index contributed by atoms with van der Waals surface area (Å²) < 4.78 is 0. The fraction of sp³-hybridized carbons (Fsp3) is 0.364. The second-order valence-corrected chi connectivity index (χ2v) is 4.98. The Bertz CT molecular complexity index is 488. The van der Waals surface area contributed by atoms with Gasteiger partial charge < -0.3 is 11.1 Å². The van der Waals surface area contributed by atoms with Crippen LogP contribution in [0.1, 0.15) is 20.3 Å². The smallest absolute Gasteiger partial charge is 0.271 e. The summed E-state index contributed by atoms with van der Waals surface area (Å²) in [6.07, 6.45) is 0.125. The molecule has 0 saturated carbocycles. The molecule has 0 spiro atoms. The Hall–Kier alpha value is -1.82. The van der Waals surface area contributed by atoms with E-state index in [4.69, 9.17) is 17.3 Å². The molecule has 0 aliphatic rings. The van der Waals surface area contributed by atoms with Crippen molar-refractivity contribution in [2.45, 2.75) is 25.8 Å². The summed E-state index contributed by atoms with van der Waals surface area (Å²) >= 11 is 5.93. The topological polar surface area (TPSA) is 98.3 Å². The molecule has 0 radical (unpaired) electrons. The summed E-state index contributed by atoms with van der Waals surface area (Å²) in [5, 5.41) is 13.8. The molecule has 0 heterocycles. The van der Waals surface area contributed by atoms with Crippen LogP contribution in [-0.4, -0.2) is 16.4 Å². The summed E-state index contributed by atoms with van der Waals surface area (Å²) in [6.45, 7) is 3.57. The number of anilines is 1. The maximum Gasteiger partial charge on any atom is 0.271 e. The second kappa shape index (κ2) is 5.22. The van der Waals surface area contributed by atoms with Gasteiger partial charge in [-0.25, -0.2) is 0 Å². The van der Waals surface area contributed by atoms with E-state index in [1.165, 1.54) is 18.2 Å². The molecule has 98 valence electrons. The average molecular weight is 272 g/mol. The number of rotatable bonds is 5. The van der Waals surface area contributed by atoms with Gasteiger partial charge in [0, 0.05) is 24.1 Å². The molecule has 0 aliphatic heterocycles. The maximum absolute atomic E-state index is 10.9. The van der Waals surface area contributed by atoms with Crippen LogP contribution in [0.15, 0.2) is 18.2 Å². The van der Waals surface area contributed by atoms with E-state index in [-0.39, 0.29) is 17.1 Å². The Morgan fingerprint density at radius 2 is 2.17 bits per heavy atom. The van der Waals surface area contributed by atoms with Crippen LogP contribution in [0.3, 0.4) is 0 Å². The minimum Gasteiger partial charge on any atom is -0.378 e. The van der Waals surface area contributed by atoms with Gasteiger partial charge in [-0.3, -0.25) is 14.9 Å². The number of nitrogens with zero attached hydrogens (tertiary/aromatic N) is 1. The van der Waals surface area contributed by atoms with E-state index in [0.29, 0.717) is 5.69 Å². The molecule has 6 nitrogen and oxygen atoms in total. The number of nitro benzene ring substituents is 1. The lowest BCUT2D eigenvalue weighted by Crippen LogP contribution is -2.36. The average Bonchev–Trinajstić information content (AvgIpc) is 2.18. The lowest BCUT2D eigenvalue weighted by atomic mass is 10.00. The van der Waals surface area contributed by atoms with Crippen LogP contribution in [-0.2, 0) is 4.79 Å². The molecule has 1 rings (SSSR count). The lowest BCUT2D eigenvalue weighted by molar-refractivity contribution is -0.384. The van der Waals surface area contributed by atoms with Crippen molar-refractivity contribution in [3.63, 3.8) is 0 Å². The zero-order chi connectivity index (χ0) is 13.9. The van der Waals surface area contributed by atoms with Crippen LogP contribution in [0, 0.1) is 10.1 Å². The number of carbonyl (C=O) groups is 1. The molecule has 0 saturated heterocycles. The van der Waals surface area contributed by atoms with Crippen LogP contribution in [0.5, 0.6) is 0 Å². The second-order valence-electron chi connectivity index (χ2n) is 4.57. The normalized spacial score (nSPS) is 11.1. The predicted octanol–water partition coefficient (Wildman–Crippen LogP) is 2.31. The first-order chi connectivity index (χ1) is 8.21. The van der Waals surface area contributed by atoms with Crippen molar-refractivity contribution in [2.24, 2.45) is 5.73 Å². The Balaban J connectivity index is 2.92. The van der Waals surface area contributed by atoms with E-state index in [2.05, 4.69) is 5.32 Å². The van der Waals surface area contributed by atoms with Gasteiger partial charge in [-0.1, -0.05) is 11.6 Å².